The largest absolute Gasteiger partial charge is 0.460 e. The highest BCUT2D eigenvalue weighted by atomic mass is 19.3. The third kappa shape index (κ3) is 7.95. The Morgan fingerprint density at radius 1 is 0.976 bits per heavy atom. The molecule has 0 aromatic carbocycles. The fourth-order valence-corrected chi connectivity index (χ4v) is 7.01. The molecule has 2 aliphatic carbocycles. The molecule has 2 aliphatic heterocycles. The number of hydrogen-bond acceptors (Lipinski definition) is 6. The topological polar surface area (TPSA) is 110 Å². The molecule has 0 bridgehead atoms. The summed E-state index contributed by atoms with van der Waals surface area (Å²) in [5.41, 5.74) is -0.984. The number of esters is 1. The monoisotopic (exact) mass is 594 g/mol. The normalized spacial score (nSPS) is 32.0. The van der Waals surface area contributed by atoms with Gasteiger partial charge in [-0.3, -0.25) is 24.0 Å². The lowest BCUT2D eigenvalue weighted by Gasteiger charge is -2.34. The number of hydrogen-bond donors (Lipinski definition) is 1. The number of ketones is 2. The van der Waals surface area contributed by atoms with Crippen LogP contribution >= 0.6 is 0 Å². The zero-order valence-electron chi connectivity index (χ0n) is 25.8. The number of carbonyl (C=O) groups excluding carboxylic acids is 5. The lowest BCUT2D eigenvalue weighted by molar-refractivity contribution is -0.159. The molecule has 236 valence electrons. The number of ether oxygens (including phenoxy) is 1. The van der Waals surface area contributed by atoms with E-state index >= 15 is 0 Å². The quantitative estimate of drug-likeness (QED) is 0.354. The number of fused-ring (bicyclic) bond motifs is 3. The molecule has 4 fully saturated rings. The van der Waals surface area contributed by atoms with Crippen LogP contribution in [0.4, 0.5) is 8.78 Å². The van der Waals surface area contributed by atoms with Crippen molar-refractivity contribution in [3.8, 4) is 0 Å². The van der Waals surface area contributed by atoms with Crippen LogP contribution in [0.15, 0.2) is 0 Å². The minimum Gasteiger partial charge on any atom is -0.460 e. The van der Waals surface area contributed by atoms with Crippen LogP contribution in [-0.2, 0) is 28.7 Å². The maximum absolute atomic E-state index is 14.9. The van der Waals surface area contributed by atoms with Crippen molar-refractivity contribution in [1.29, 1.82) is 0 Å². The van der Waals surface area contributed by atoms with Gasteiger partial charge in [0.05, 0.1) is 12.5 Å². The van der Waals surface area contributed by atoms with Crippen LogP contribution in [0.1, 0.15) is 112 Å². The molecule has 5 atom stereocenters. The van der Waals surface area contributed by atoms with E-state index < -0.39 is 59.4 Å². The molecule has 42 heavy (non-hydrogen) atoms. The maximum Gasteiger partial charge on any atom is 0.307 e. The Balaban J connectivity index is 1.60. The number of nitrogens with one attached hydrogen (secondary N) is 1. The number of carbonyl (C=O) groups is 5. The highest BCUT2D eigenvalue weighted by molar-refractivity contribution is 6.37. The third-order valence-electron chi connectivity index (χ3n) is 9.66. The number of rotatable bonds is 5. The van der Waals surface area contributed by atoms with Crippen LogP contribution in [-0.4, -0.2) is 64.4 Å². The van der Waals surface area contributed by atoms with E-state index in [1.165, 1.54) is 4.90 Å². The van der Waals surface area contributed by atoms with E-state index in [2.05, 4.69) is 5.32 Å². The first-order valence-electron chi connectivity index (χ1n) is 15.8. The van der Waals surface area contributed by atoms with Crippen LogP contribution < -0.4 is 5.32 Å². The van der Waals surface area contributed by atoms with Crippen LogP contribution in [0.2, 0.25) is 0 Å². The zero-order valence-corrected chi connectivity index (χ0v) is 25.8. The summed E-state index contributed by atoms with van der Waals surface area (Å²) < 4.78 is 35.3. The van der Waals surface area contributed by atoms with Gasteiger partial charge in [-0.05, 0) is 70.1 Å². The molecule has 2 saturated heterocycles. The van der Waals surface area contributed by atoms with Gasteiger partial charge in [-0.1, -0.05) is 33.1 Å². The second-order valence-corrected chi connectivity index (χ2v) is 14.7. The fourth-order valence-electron chi connectivity index (χ4n) is 7.01. The molecule has 4 rings (SSSR count). The predicted molar refractivity (Wildman–Crippen MR) is 151 cm³/mol. The van der Waals surface area contributed by atoms with Gasteiger partial charge in [-0.25, -0.2) is 8.78 Å². The molecule has 0 spiro atoms. The number of alkyl halides is 2. The second kappa shape index (κ2) is 12.3. The molecule has 0 radical (unpaired) electrons. The second-order valence-electron chi connectivity index (χ2n) is 14.7. The van der Waals surface area contributed by atoms with Crippen LogP contribution in [0.25, 0.3) is 0 Å². The highest BCUT2D eigenvalue weighted by Crippen LogP contribution is 2.65. The van der Waals surface area contributed by atoms with E-state index in [9.17, 15) is 32.8 Å². The summed E-state index contributed by atoms with van der Waals surface area (Å²) in [6.45, 7) is 9.49. The van der Waals surface area contributed by atoms with Crippen molar-refractivity contribution in [2.24, 2.45) is 29.1 Å². The Labute approximate surface area is 248 Å². The van der Waals surface area contributed by atoms with Crippen molar-refractivity contribution >= 4 is 29.4 Å². The first-order chi connectivity index (χ1) is 19.5. The number of halogens is 2. The molecule has 2 heterocycles. The SMILES string of the molecule is CC(C)(C)OC(=O)C[C@H]1CCC(F)(F)CCCCCC[C@@H](C(=O)C(=O)NC2CC2)CC(=O)[C@@H]2[C@@H]3[C@H](CN2C1=O)C3(C)C. The summed E-state index contributed by atoms with van der Waals surface area (Å²) >= 11 is 0. The van der Waals surface area contributed by atoms with E-state index in [1.54, 1.807) is 20.8 Å². The molecule has 8 nitrogen and oxygen atoms in total. The summed E-state index contributed by atoms with van der Waals surface area (Å²) in [6.07, 6.45) is 2.44. The van der Waals surface area contributed by atoms with E-state index in [1.807, 2.05) is 13.8 Å². The summed E-state index contributed by atoms with van der Waals surface area (Å²) in [4.78, 5) is 68.1. The van der Waals surface area contributed by atoms with Gasteiger partial charge < -0.3 is 15.0 Å². The number of Topliss-reactive ketones (excluding diaryl/α,β-unsaturated/α-hetero) is 2. The first-order valence-corrected chi connectivity index (χ1v) is 15.8. The third-order valence-corrected chi connectivity index (χ3v) is 9.66. The van der Waals surface area contributed by atoms with E-state index in [4.69, 9.17) is 4.74 Å². The number of piperidine rings is 1. The maximum atomic E-state index is 14.9. The average Bonchev–Trinajstić information content (AvgIpc) is 3.72. The predicted octanol–water partition coefficient (Wildman–Crippen LogP) is 5.01. The Morgan fingerprint density at radius 2 is 1.64 bits per heavy atom. The molecular formula is C32H48F2N2O6. The lowest BCUT2D eigenvalue weighted by Crippen LogP contribution is -2.49. The Hall–Kier alpha value is -2.39. The van der Waals surface area contributed by atoms with Crippen LogP contribution in [0, 0.1) is 29.1 Å². The van der Waals surface area contributed by atoms with Gasteiger partial charge in [-0.15, -0.1) is 0 Å². The average molecular weight is 595 g/mol. The summed E-state index contributed by atoms with van der Waals surface area (Å²) in [5, 5.41) is 2.73. The van der Waals surface area contributed by atoms with Crippen molar-refractivity contribution in [3.63, 3.8) is 0 Å². The number of amides is 2. The van der Waals surface area contributed by atoms with Gasteiger partial charge in [0.25, 0.3) is 5.91 Å². The Bertz CT molecular complexity index is 1080. The fraction of sp³-hybridized carbons (Fsp3) is 0.844. The van der Waals surface area contributed by atoms with Crippen molar-refractivity contribution in [3.05, 3.63) is 0 Å². The molecular weight excluding hydrogens is 546 g/mol. The molecule has 1 N–H and O–H groups in total. The summed E-state index contributed by atoms with van der Waals surface area (Å²) in [5.74, 6) is -7.60. The van der Waals surface area contributed by atoms with Gasteiger partial charge >= 0.3 is 5.97 Å². The van der Waals surface area contributed by atoms with E-state index in [0.29, 0.717) is 32.2 Å². The minimum atomic E-state index is -2.99. The molecule has 10 heteroatoms. The van der Waals surface area contributed by atoms with Gasteiger partial charge in [-0.2, -0.15) is 0 Å². The van der Waals surface area contributed by atoms with Gasteiger partial charge in [0.15, 0.2) is 5.78 Å². The lowest BCUT2D eigenvalue weighted by atomic mass is 9.86. The molecule has 2 amide bonds. The Morgan fingerprint density at radius 3 is 2.29 bits per heavy atom. The zero-order chi connectivity index (χ0) is 31.0. The van der Waals surface area contributed by atoms with E-state index in [-0.39, 0.29) is 61.2 Å². The smallest absolute Gasteiger partial charge is 0.307 e. The van der Waals surface area contributed by atoms with Crippen molar-refractivity contribution in [1.82, 2.24) is 10.2 Å². The summed E-state index contributed by atoms with van der Waals surface area (Å²) in [6, 6.07) is -0.809. The van der Waals surface area contributed by atoms with E-state index in [0.717, 1.165) is 12.8 Å². The standard InChI is InChI=1S/C32H48F2N2O6/c1-30(2,3)42-24(38)17-20-13-15-32(33,34)14-9-7-6-8-10-19(27(39)28(40)35-21-11-12-21)16-23(37)26-25-22(31(25,4)5)18-36(26)29(20)41/h19-22,25-26H,6-18H2,1-5H3,(H,35,40)/t19-,20-,22+,25+,26-/m1/s1. The molecule has 0 aromatic heterocycles. The van der Waals surface area contributed by atoms with Gasteiger partial charge in [0, 0.05) is 43.7 Å². The van der Waals surface area contributed by atoms with Crippen LogP contribution in [0.3, 0.4) is 0 Å². The highest BCUT2D eigenvalue weighted by Gasteiger charge is 2.69. The molecule has 2 saturated carbocycles. The van der Waals surface area contributed by atoms with Crippen molar-refractivity contribution < 1.29 is 37.5 Å². The minimum absolute atomic E-state index is 0.00267. The van der Waals surface area contributed by atoms with Crippen molar-refractivity contribution in [2.45, 2.75) is 135 Å². The van der Waals surface area contributed by atoms with Gasteiger partial charge in [0.1, 0.15) is 5.60 Å². The van der Waals surface area contributed by atoms with Crippen LogP contribution in [0.5, 0.6) is 0 Å². The Kier molecular flexibility index (Phi) is 9.53. The molecule has 0 aromatic rings. The van der Waals surface area contributed by atoms with Crippen molar-refractivity contribution in [2.75, 3.05) is 6.54 Å². The first kappa shape index (κ1) is 32.5. The number of nitrogens with zero attached hydrogens (tertiary/aromatic N) is 1. The molecule has 4 aliphatic rings. The molecule has 0 unspecified atom stereocenters. The van der Waals surface area contributed by atoms with Gasteiger partial charge in [0.2, 0.25) is 17.6 Å². The summed E-state index contributed by atoms with van der Waals surface area (Å²) in [7, 11) is 0.